The Morgan fingerprint density at radius 2 is 0.977 bits per heavy atom. The molecule has 0 aliphatic heterocycles. The molecule has 0 atom stereocenters. The van der Waals surface area contributed by atoms with Crippen molar-refractivity contribution in [3.05, 3.63) is 170 Å². The summed E-state index contributed by atoms with van der Waals surface area (Å²) in [6, 6.07) is 59.3. The van der Waals surface area contributed by atoms with Crippen LogP contribution in [0.5, 0.6) is 0 Å². The highest BCUT2D eigenvalue weighted by Gasteiger charge is 2.16. The number of fused-ring (bicyclic) bond motifs is 2. The van der Waals surface area contributed by atoms with E-state index in [0.717, 1.165) is 44.9 Å². The lowest BCUT2D eigenvalue weighted by atomic mass is 10.0. The molecule has 0 unspecified atom stereocenters. The maximum Gasteiger partial charge on any atom is 0.227 e. The molecule has 0 aliphatic rings. The highest BCUT2D eigenvalue weighted by Crippen LogP contribution is 2.39. The zero-order chi connectivity index (χ0) is 29.3. The van der Waals surface area contributed by atoms with E-state index in [2.05, 4.69) is 126 Å². The molecule has 0 saturated heterocycles. The molecule has 3 heteroatoms. The maximum absolute atomic E-state index is 6.15. The number of anilines is 3. The summed E-state index contributed by atoms with van der Waals surface area (Å²) in [6.45, 7) is 0. The first-order valence-electron chi connectivity index (χ1n) is 14.8. The molecule has 7 aromatic carbocycles. The van der Waals surface area contributed by atoms with Crippen LogP contribution in [0, 0.1) is 0 Å². The fourth-order valence-electron chi connectivity index (χ4n) is 5.87. The maximum atomic E-state index is 6.15. The highest BCUT2D eigenvalue weighted by molar-refractivity contribution is 5.93. The van der Waals surface area contributed by atoms with Crippen LogP contribution < -0.4 is 4.90 Å². The smallest absolute Gasteiger partial charge is 0.227 e. The van der Waals surface area contributed by atoms with E-state index in [4.69, 9.17) is 9.40 Å². The zero-order valence-electron chi connectivity index (χ0n) is 24.0. The Hall–Kier alpha value is -5.93. The van der Waals surface area contributed by atoms with Gasteiger partial charge in [0.2, 0.25) is 5.89 Å². The summed E-state index contributed by atoms with van der Waals surface area (Å²) in [5.74, 6) is 0.631. The van der Waals surface area contributed by atoms with Crippen LogP contribution in [0.4, 0.5) is 17.1 Å². The lowest BCUT2D eigenvalue weighted by Gasteiger charge is -2.26. The molecule has 0 N–H and O–H groups in total. The van der Waals surface area contributed by atoms with E-state index in [1.54, 1.807) is 0 Å². The van der Waals surface area contributed by atoms with Gasteiger partial charge in [0.1, 0.15) is 5.52 Å². The predicted molar refractivity (Wildman–Crippen MR) is 183 cm³/mol. The van der Waals surface area contributed by atoms with Crippen molar-refractivity contribution in [3.63, 3.8) is 0 Å². The van der Waals surface area contributed by atoms with E-state index in [0.29, 0.717) is 5.89 Å². The number of para-hydroxylation sites is 1. The first kappa shape index (κ1) is 25.8. The van der Waals surface area contributed by atoms with Crippen LogP contribution in [0.2, 0.25) is 0 Å². The first-order valence-corrected chi connectivity index (χ1v) is 14.8. The Bertz CT molecular complexity index is 2200. The molecule has 0 saturated carbocycles. The number of hydrogen-bond acceptors (Lipinski definition) is 3. The molecule has 0 bridgehead atoms. The van der Waals surface area contributed by atoms with Gasteiger partial charge in [-0.05, 0) is 82.1 Å². The Labute approximate surface area is 256 Å². The number of oxazole rings is 1. The lowest BCUT2D eigenvalue weighted by Crippen LogP contribution is -2.09. The minimum Gasteiger partial charge on any atom is -0.436 e. The third kappa shape index (κ3) is 4.81. The van der Waals surface area contributed by atoms with Gasteiger partial charge in [0, 0.05) is 28.2 Å². The summed E-state index contributed by atoms with van der Waals surface area (Å²) in [5.41, 5.74) is 10.4. The third-order valence-electron chi connectivity index (χ3n) is 8.10. The SMILES string of the molecule is c1ccc(-c2ccc(N(c3ccc(-c4cccc5oc(-c6ccccc6)nc45)cc3)c3ccc4ccccc4c3)cc2)cc1. The highest BCUT2D eigenvalue weighted by atomic mass is 16.3. The van der Waals surface area contributed by atoms with Crippen molar-refractivity contribution >= 4 is 38.9 Å². The van der Waals surface area contributed by atoms with E-state index >= 15 is 0 Å². The molecule has 44 heavy (non-hydrogen) atoms. The standard InChI is InChI=1S/C41H28N2O/c1-3-10-29(11-4-1)31-18-23-35(24-19-31)43(37-27-20-30-12-7-8-15-34(30)28-37)36-25-21-32(22-26-36)38-16-9-17-39-40(38)42-41(44-39)33-13-5-2-6-14-33/h1-28H. The van der Waals surface area contributed by atoms with Crippen molar-refractivity contribution in [1.29, 1.82) is 0 Å². The van der Waals surface area contributed by atoms with Crippen molar-refractivity contribution in [3.8, 4) is 33.7 Å². The summed E-state index contributed by atoms with van der Waals surface area (Å²) in [6.07, 6.45) is 0. The van der Waals surface area contributed by atoms with E-state index in [9.17, 15) is 0 Å². The van der Waals surface area contributed by atoms with Gasteiger partial charge in [0.15, 0.2) is 5.58 Å². The lowest BCUT2D eigenvalue weighted by molar-refractivity contribution is 0.620. The fourth-order valence-corrected chi connectivity index (χ4v) is 5.87. The largest absolute Gasteiger partial charge is 0.436 e. The Kier molecular flexibility index (Phi) is 6.47. The first-order chi connectivity index (χ1) is 21.8. The molecule has 1 heterocycles. The van der Waals surface area contributed by atoms with Gasteiger partial charge in [0.05, 0.1) is 0 Å². The number of rotatable bonds is 6. The van der Waals surface area contributed by atoms with Crippen LogP contribution in [0.25, 0.3) is 55.6 Å². The van der Waals surface area contributed by atoms with E-state index in [1.165, 1.54) is 21.9 Å². The van der Waals surface area contributed by atoms with Crippen LogP contribution in [0.15, 0.2) is 174 Å². The van der Waals surface area contributed by atoms with Crippen molar-refractivity contribution in [2.24, 2.45) is 0 Å². The Balaban J connectivity index is 1.20. The molecule has 0 aliphatic carbocycles. The minimum absolute atomic E-state index is 0.631. The molecular formula is C41H28N2O. The monoisotopic (exact) mass is 564 g/mol. The Morgan fingerprint density at radius 3 is 1.68 bits per heavy atom. The van der Waals surface area contributed by atoms with Crippen LogP contribution in [0.3, 0.4) is 0 Å². The average molecular weight is 565 g/mol. The zero-order valence-corrected chi connectivity index (χ0v) is 24.0. The summed E-state index contributed by atoms with van der Waals surface area (Å²) in [4.78, 5) is 7.21. The van der Waals surface area contributed by atoms with Gasteiger partial charge in [-0.3, -0.25) is 0 Å². The number of nitrogens with zero attached hydrogens (tertiary/aromatic N) is 2. The van der Waals surface area contributed by atoms with Gasteiger partial charge in [0.25, 0.3) is 0 Å². The topological polar surface area (TPSA) is 29.3 Å². The number of benzene rings is 7. The normalized spacial score (nSPS) is 11.2. The van der Waals surface area contributed by atoms with Gasteiger partial charge >= 0.3 is 0 Å². The summed E-state index contributed by atoms with van der Waals surface area (Å²) in [5, 5.41) is 2.43. The molecule has 8 aromatic rings. The van der Waals surface area contributed by atoms with E-state index in [1.807, 2.05) is 48.5 Å². The second kappa shape index (κ2) is 11.0. The average Bonchev–Trinajstić information content (AvgIpc) is 3.55. The third-order valence-corrected chi connectivity index (χ3v) is 8.10. The second-order valence-corrected chi connectivity index (χ2v) is 10.9. The van der Waals surface area contributed by atoms with Crippen molar-refractivity contribution in [2.45, 2.75) is 0 Å². The van der Waals surface area contributed by atoms with E-state index in [-0.39, 0.29) is 0 Å². The van der Waals surface area contributed by atoms with Crippen molar-refractivity contribution in [1.82, 2.24) is 4.98 Å². The van der Waals surface area contributed by atoms with Gasteiger partial charge in [-0.2, -0.15) is 0 Å². The molecule has 0 spiro atoms. The van der Waals surface area contributed by atoms with Crippen molar-refractivity contribution < 1.29 is 4.42 Å². The number of aromatic nitrogens is 1. The molecule has 8 rings (SSSR count). The molecule has 0 fully saturated rings. The molecule has 1 aromatic heterocycles. The van der Waals surface area contributed by atoms with Gasteiger partial charge in [-0.15, -0.1) is 0 Å². The van der Waals surface area contributed by atoms with E-state index < -0.39 is 0 Å². The molecule has 208 valence electrons. The Morgan fingerprint density at radius 1 is 0.409 bits per heavy atom. The predicted octanol–water partition coefficient (Wildman–Crippen LogP) is 11.5. The van der Waals surface area contributed by atoms with Gasteiger partial charge in [-0.1, -0.05) is 115 Å². The minimum atomic E-state index is 0.631. The fraction of sp³-hybridized carbons (Fsp3) is 0. The van der Waals surface area contributed by atoms with Crippen LogP contribution >= 0.6 is 0 Å². The molecule has 0 radical (unpaired) electrons. The van der Waals surface area contributed by atoms with Crippen LogP contribution in [-0.2, 0) is 0 Å². The quantitative estimate of drug-likeness (QED) is 0.201. The van der Waals surface area contributed by atoms with Crippen LogP contribution in [0.1, 0.15) is 0 Å². The molecular weight excluding hydrogens is 536 g/mol. The van der Waals surface area contributed by atoms with Gasteiger partial charge < -0.3 is 9.32 Å². The molecule has 3 nitrogen and oxygen atoms in total. The molecule has 0 amide bonds. The summed E-state index contributed by atoms with van der Waals surface area (Å²) < 4.78 is 6.15. The number of hydrogen-bond donors (Lipinski definition) is 0. The second-order valence-electron chi connectivity index (χ2n) is 10.9. The summed E-state index contributed by atoms with van der Waals surface area (Å²) >= 11 is 0. The van der Waals surface area contributed by atoms with Crippen LogP contribution in [-0.4, -0.2) is 4.98 Å². The summed E-state index contributed by atoms with van der Waals surface area (Å²) in [7, 11) is 0. The van der Waals surface area contributed by atoms with Crippen molar-refractivity contribution in [2.75, 3.05) is 4.90 Å². The van der Waals surface area contributed by atoms with Gasteiger partial charge in [-0.25, -0.2) is 4.98 Å².